The van der Waals surface area contributed by atoms with Crippen LogP contribution in [0.5, 0.6) is 0 Å². The summed E-state index contributed by atoms with van der Waals surface area (Å²) in [5.74, 6) is 0. The van der Waals surface area contributed by atoms with Crippen molar-refractivity contribution in [2.45, 2.75) is 45.8 Å². The zero-order valence-corrected chi connectivity index (χ0v) is 10.9. The Bertz CT molecular complexity index is 354. The Morgan fingerprint density at radius 1 is 1.18 bits per heavy atom. The molecule has 2 rings (SSSR count). The number of hydrogen-bond acceptors (Lipinski definition) is 2. The normalized spacial score (nSPS) is 16.6. The molecule has 2 nitrogen and oxygen atoms in total. The fourth-order valence-corrected chi connectivity index (χ4v) is 2.27. The molecule has 0 N–H and O–H groups in total. The highest BCUT2D eigenvalue weighted by Crippen LogP contribution is 2.27. The summed E-state index contributed by atoms with van der Waals surface area (Å²) in [4.78, 5) is 0. The molecule has 0 saturated carbocycles. The average Bonchev–Trinajstić information content (AvgIpc) is 2.89. The maximum Gasteiger partial charge on any atom is 0.184 e. The maximum atomic E-state index is 5.58. The fraction of sp³-hybridized carbons (Fsp3) is 0.600. The van der Waals surface area contributed by atoms with Gasteiger partial charge in [0.05, 0.1) is 13.2 Å². The van der Waals surface area contributed by atoms with Crippen LogP contribution in [0.2, 0.25) is 0 Å². The molecule has 1 aromatic carbocycles. The lowest BCUT2D eigenvalue weighted by Crippen LogP contribution is -2.03. The summed E-state index contributed by atoms with van der Waals surface area (Å²) in [6.07, 6.45) is 4.59. The average molecular weight is 234 g/mol. The minimum absolute atomic E-state index is 0.134. The third-order valence-electron chi connectivity index (χ3n) is 3.28. The minimum atomic E-state index is -0.134. The van der Waals surface area contributed by atoms with Gasteiger partial charge in [0, 0.05) is 5.56 Å². The van der Waals surface area contributed by atoms with Gasteiger partial charge in [0.15, 0.2) is 6.29 Å². The lowest BCUT2D eigenvalue weighted by atomic mass is 9.99. The number of unbranched alkanes of at least 4 members (excludes halogenated alkanes) is 1. The Hall–Kier alpha value is -0.860. The van der Waals surface area contributed by atoms with Crippen LogP contribution in [0.15, 0.2) is 18.2 Å². The van der Waals surface area contributed by atoms with E-state index in [1.165, 1.54) is 36.0 Å². The minimum Gasteiger partial charge on any atom is -0.346 e. The Labute approximate surface area is 104 Å². The Morgan fingerprint density at radius 2 is 1.94 bits per heavy atom. The number of rotatable bonds is 5. The summed E-state index contributed by atoms with van der Waals surface area (Å²) in [6, 6.07) is 6.71. The molecule has 0 amide bonds. The topological polar surface area (TPSA) is 18.5 Å². The quantitative estimate of drug-likeness (QED) is 0.774. The highest BCUT2D eigenvalue weighted by Gasteiger charge is 2.20. The molecule has 1 aliphatic rings. The van der Waals surface area contributed by atoms with E-state index >= 15 is 0 Å². The molecule has 0 unspecified atom stereocenters. The number of hydrogen-bond donors (Lipinski definition) is 0. The molecule has 1 aliphatic heterocycles. The van der Waals surface area contributed by atoms with Gasteiger partial charge in [0.2, 0.25) is 0 Å². The van der Waals surface area contributed by atoms with Gasteiger partial charge >= 0.3 is 0 Å². The van der Waals surface area contributed by atoms with E-state index in [0.717, 1.165) is 6.42 Å². The molecule has 0 radical (unpaired) electrons. The lowest BCUT2D eigenvalue weighted by molar-refractivity contribution is -0.0446. The van der Waals surface area contributed by atoms with E-state index in [9.17, 15) is 0 Å². The summed E-state index contributed by atoms with van der Waals surface area (Å²) in [5.41, 5.74) is 4.01. The van der Waals surface area contributed by atoms with Crippen LogP contribution >= 0.6 is 0 Å². The van der Waals surface area contributed by atoms with Gasteiger partial charge in [-0.25, -0.2) is 0 Å². The third kappa shape index (κ3) is 3.08. The molecule has 1 saturated heterocycles. The Kier molecular flexibility index (Phi) is 4.57. The second-order valence-corrected chi connectivity index (χ2v) is 4.56. The van der Waals surface area contributed by atoms with Gasteiger partial charge in [-0.1, -0.05) is 38.5 Å². The Balaban J connectivity index is 2.15. The van der Waals surface area contributed by atoms with Crippen molar-refractivity contribution in [1.82, 2.24) is 0 Å². The van der Waals surface area contributed by atoms with Gasteiger partial charge in [-0.2, -0.15) is 0 Å². The van der Waals surface area contributed by atoms with Crippen LogP contribution in [0, 0.1) is 0 Å². The number of aryl methyl sites for hydroxylation is 2. The van der Waals surface area contributed by atoms with E-state index < -0.39 is 0 Å². The predicted octanol–water partition coefficient (Wildman–Crippen LogP) is 3.64. The van der Waals surface area contributed by atoms with Gasteiger partial charge in [-0.15, -0.1) is 0 Å². The van der Waals surface area contributed by atoms with Crippen LogP contribution < -0.4 is 0 Å². The molecule has 1 heterocycles. The molecule has 0 bridgehead atoms. The van der Waals surface area contributed by atoms with Crippen molar-refractivity contribution in [1.29, 1.82) is 0 Å². The van der Waals surface area contributed by atoms with E-state index in [2.05, 4.69) is 32.0 Å². The first-order valence-electron chi connectivity index (χ1n) is 6.70. The summed E-state index contributed by atoms with van der Waals surface area (Å²) in [6.45, 7) is 5.85. The zero-order valence-electron chi connectivity index (χ0n) is 10.9. The molecular formula is C15H22O2. The molecule has 0 spiro atoms. The molecule has 17 heavy (non-hydrogen) atoms. The summed E-state index contributed by atoms with van der Waals surface area (Å²) in [7, 11) is 0. The fourth-order valence-electron chi connectivity index (χ4n) is 2.27. The monoisotopic (exact) mass is 234 g/mol. The van der Waals surface area contributed by atoms with Crippen molar-refractivity contribution in [3.63, 3.8) is 0 Å². The van der Waals surface area contributed by atoms with E-state index in [0.29, 0.717) is 13.2 Å². The molecule has 1 fully saturated rings. The van der Waals surface area contributed by atoms with Gasteiger partial charge in [-0.3, -0.25) is 0 Å². The largest absolute Gasteiger partial charge is 0.346 e. The summed E-state index contributed by atoms with van der Waals surface area (Å²) >= 11 is 0. The van der Waals surface area contributed by atoms with Crippen molar-refractivity contribution in [2.24, 2.45) is 0 Å². The van der Waals surface area contributed by atoms with Crippen LogP contribution in [0.3, 0.4) is 0 Å². The smallest absolute Gasteiger partial charge is 0.184 e. The first-order chi connectivity index (χ1) is 8.35. The van der Waals surface area contributed by atoms with Crippen LogP contribution in [0.4, 0.5) is 0 Å². The SMILES string of the molecule is CCCCc1ccc(C2OCCO2)c(CC)c1. The molecule has 0 aliphatic carbocycles. The van der Waals surface area contributed by atoms with Crippen LogP contribution in [0.25, 0.3) is 0 Å². The molecule has 2 heteroatoms. The molecular weight excluding hydrogens is 212 g/mol. The van der Waals surface area contributed by atoms with E-state index in [1.54, 1.807) is 0 Å². The van der Waals surface area contributed by atoms with Crippen LogP contribution in [0.1, 0.15) is 49.7 Å². The summed E-state index contributed by atoms with van der Waals surface area (Å²) in [5, 5.41) is 0. The molecule has 94 valence electrons. The van der Waals surface area contributed by atoms with Gasteiger partial charge < -0.3 is 9.47 Å². The molecule has 0 aromatic heterocycles. The first-order valence-corrected chi connectivity index (χ1v) is 6.70. The molecule has 1 aromatic rings. The maximum absolute atomic E-state index is 5.58. The van der Waals surface area contributed by atoms with Crippen molar-refractivity contribution in [2.75, 3.05) is 13.2 Å². The molecule has 0 atom stereocenters. The van der Waals surface area contributed by atoms with Crippen LogP contribution in [-0.4, -0.2) is 13.2 Å². The highest BCUT2D eigenvalue weighted by atomic mass is 16.7. The number of ether oxygens (including phenoxy) is 2. The van der Waals surface area contributed by atoms with Gasteiger partial charge in [-0.05, 0) is 30.4 Å². The highest BCUT2D eigenvalue weighted by molar-refractivity contribution is 5.33. The van der Waals surface area contributed by atoms with E-state index in [4.69, 9.17) is 9.47 Å². The first kappa shape index (κ1) is 12.6. The van der Waals surface area contributed by atoms with Gasteiger partial charge in [0.25, 0.3) is 0 Å². The van der Waals surface area contributed by atoms with Crippen molar-refractivity contribution < 1.29 is 9.47 Å². The van der Waals surface area contributed by atoms with Crippen molar-refractivity contribution >= 4 is 0 Å². The van der Waals surface area contributed by atoms with Crippen LogP contribution in [-0.2, 0) is 22.3 Å². The lowest BCUT2D eigenvalue weighted by Gasteiger charge is -2.15. The Morgan fingerprint density at radius 3 is 2.59 bits per heavy atom. The predicted molar refractivity (Wildman–Crippen MR) is 69.1 cm³/mol. The standard InChI is InChI=1S/C15H22O2/c1-3-5-6-12-7-8-14(13(4-2)11-12)15-16-9-10-17-15/h7-8,11,15H,3-6,9-10H2,1-2H3. The summed E-state index contributed by atoms with van der Waals surface area (Å²) < 4.78 is 11.2. The van der Waals surface area contributed by atoms with E-state index in [1.807, 2.05) is 0 Å². The van der Waals surface area contributed by atoms with E-state index in [-0.39, 0.29) is 6.29 Å². The second kappa shape index (κ2) is 6.18. The number of benzene rings is 1. The van der Waals surface area contributed by atoms with Gasteiger partial charge in [0.1, 0.15) is 0 Å². The third-order valence-corrected chi connectivity index (χ3v) is 3.28. The second-order valence-electron chi connectivity index (χ2n) is 4.56. The zero-order chi connectivity index (χ0) is 12.1. The van der Waals surface area contributed by atoms with Crippen molar-refractivity contribution in [3.05, 3.63) is 34.9 Å². The van der Waals surface area contributed by atoms with Crippen molar-refractivity contribution in [3.8, 4) is 0 Å².